The van der Waals surface area contributed by atoms with Crippen molar-refractivity contribution in [3.8, 4) is 5.75 Å². The van der Waals surface area contributed by atoms with Crippen LogP contribution in [0.1, 0.15) is 19.3 Å². The van der Waals surface area contributed by atoms with Crippen molar-refractivity contribution in [2.45, 2.75) is 19.3 Å². The lowest BCUT2D eigenvalue weighted by atomic mass is 10.2. The summed E-state index contributed by atoms with van der Waals surface area (Å²) in [6.45, 7) is 1.68. The number of unbranched alkanes of at least 4 members (excludes halogenated alkanes) is 2. The quantitative estimate of drug-likeness (QED) is 0.594. The lowest BCUT2D eigenvalue weighted by Crippen LogP contribution is -2.07. The van der Waals surface area contributed by atoms with Gasteiger partial charge in [0.05, 0.1) is 21.7 Å². The van der Waals surface area contributed by atoms with E-state index in [0.717, 1.165) is 25.8 Å². The summed E-state index contributed by atoms with van der Waals surface area (Å²) in [7, 11) is 1.95. The van der Waals surface area contributed by atoms with Crippen molar-refractivity contribution >= 4 is 34.8 Å². The molecule has 0 spiro atoms. The van der Waals surface area contributed by atoms with E-state index in [1.54, 1.807) is 12.1 Å². The summed E-state index contributed by atoms with van der Waals surface area (Å²) in [6.07, 6.45) is 3.27. The Morgan fingerprint density at radius 3 is 2.41 bits per heavy atom. The van der Waals surface area contributed by atoms with Crippen LogP contribution in [0.3, 0.4) is 0 Å². The molecule has 5 heteroatoms. The van der Waals surface area contributed by atoms with Crippen LogP contribution in [0.15, 0.2) is 12.1 Å². The van der Waals surface area contributed by atoms with E-state index in [1.807, 2.05) is 7.05 Å². The maximum absolute atomic E-state index is 5.99. The maximum atomic E-state index is 5.99. The Morgan fingerprint density at radius 2 is 1.71 bits per heavy atom. The molecule has 0 fully saturated rings. The average Bonchev–Trinajstić information content (AvgIpc) is 2.30. The zero-order valence-electron chi connectivity index (χ0n) is 9.73. The Kier molecular flexibility index (Phi) is 7.05. The molecule has 96 valence electrons. The Bertz CT molecular complexity index is 358. The van der Waals surface area contributed by atoms with E-state index in [2.05, 4.69) is 5.32 Å². The Hall–Kier alpha value is -0.150. The summed E-state index contributed by atoms with van der Waals surface area (Å²) in [6, 6.07) is 3.25. The highest BCUT2D eigenvalue weighted by atomic mass is 35.5. The molecule has 0 bridgehead atoms. The van der Waals surface area contributed by atoms with E-state index in [4.69, 9.17) is 39.5 Å². The molecule has 1 rings (SSSR count). The topological polar surface area (TPSA) is 21.3 Å². The molecule has 0 heterocycles. The predicted molar refractivity (Wildman–Crippen MR) is 74.7 cm³/mol. The molecule has 0 aromatic heterocycles. The van der Waals surface area contributed by atoms with Gasteiger partial charge in [0.1, 0.15) is 5.75 Å². The second-order valence-corrected chi connectivity index (χ2v) is 4.93. The van der Waals surface area contributed by atoms with Gasteiger partial charge in [0, 0.05) is 6.07 Å². The van der Waals surface area contributed by atoms with Gasteiger partial charge in [0.2, 0.25) is 0 Å². The van der Waals surface area contributed by atoms with Gasteiger partial charge in [-0.3, -0.25) is 0 Å². The number of hydrogen-bond acceptors (Lipinski definition) is 2. The monoisotopic (exact) mass is 295 g/mol. The Morgan fingerprint density at radius 1 is 1.00 bits per heavy atom. The molecule has 0 unspecified atom stereocenters. The second-order valence-electron chi connectivity index (χ2n) is 3.71. The van der Waals surface area contributed by atoms with Gasteiger partial charge in [0.15, 0.2) is 0 Å². The van der Waals surface area contributed by atoms with Crippen LogP contribution in [-0.4, -0.2) is 20.2 Å². The first kappa shape index (κ1) is 14.9. The molecular weight excluding hydrogens is 280 g/mol. The Balaban J connectivity index is 2.34. The first-order chi connectivity index (χ1) is 8.15. The van der Waals surface area contributed by atoms with Crippen LogP contribution in [0.25, 0.3) is 0 Å². The summed E-state index contributed by atoms with van der Waals surface area (Å²) in [5.74, 6) is 0.592. The van der Waals surface area contributed by atoms with Crippen LogP contribution in [0, 0.1) is 0 Å². The van der Waals surface area contributed by atoms with Crippen LogP contribution in [0.5, 0.6) is 5.75 Å². The Labute approximate surface area is 117 Å². The third-order valence-corrected chi connectivity index (χ3v) is 3.32. The van der Waals surface area contributed by atoms with E-state index in [1.165, 1.54) is 0 Å². The molecule has 0 aliphatic heterocycles. The van der Waals surface area contributed by atoms with Crippen molar-refractivity contribution in [1.29, 1.82) is 0 Å². The molecule has 2 nitrogen and oxygen atoms in total. The van der Waals surface area contributed by atoms with E-state index in [9.17, 15) is 0 Å². The van der Waals surface area contributed by atoms with Gasteiger partial charge in [0.25, 0.3) is 0 Å². The number of hydrogen-bond donors (Lipinski definition) is 1. The molecule has 1 aromatic rings. The zero-order chi connectivity index (χ0) is 12.7. The fourth-order valence-corrected chi connectivity index (χ4v) is 1.97. The van der Waals surface area contributed by atoms with Gasteiger partial charge in [-0.1, -0.05) is 34.8 Å². The molecule has 0 radical (unpaired) electrons. The third-order valence-electron chi connectivity index (χ3n) is 2.30. The highest BCUT2D eigenvalue weighted by molar-refractivity contribution is 6.43. The van der Waals surface area contributed by atoms with Crippen molar-refractivity contribution in [2.75, 3.05) is 20.2 Å². The smallest absolute Gasteiger partial charge is 0.139 e. The van der Waals surface area contributed by atoms with Crippen molar-refractivity contribution in [3.05, 3.63) is 27.2 Å². The molecule has 1 aromatic carbocycles. The van der Waals surface area contributed by atoms with E-state index < -0.39 is 0 Å². The number of nitrogens with one attached hydrogen (secondary N) is 1. The van der Waals surface area contributed by atoms with Gasteiger partial charge in [-0.25, -0.2) is 0 Å². The molecule has 0 saturated heterocycles. The summed E-state index contributed by atoms with van der Waals surface area (Å²) < 4.78 is 5.56. The van der Waals surface area contributed by atoms with Crippen LogP contribution in [0.4, 0.5) is 0 Å². The summed E-state index contributed by atoms with van der Waals surface area (Å²) >= 11 is 17.7. The molecule has 0 aliphatic carbocycles. The van der Waals surface area contributed by atoms with Crippen LogP contribution in [-0.2, 0) is 0 Å². The minimum atomic E-state index is 0.443. The summed E-state index contributed by atoms with van der Waals surface area (Å²) in [5, 5.41) is 4.50. The maximum Gasteiger partial charge on any atom is 0.139 e. The van der Waals surface area contributed by atoms with E-state index in [-0.39, 0.29) is 0 Å². The molecule has 0 amide bonds. The number of ether oxygens (including phenoxy) is 1. The highest BCUT2D eigenvalue weighted by Gasteiger charge is 2.06. The van der Waals surface area contributed by atoms with Crippen LogP contribution in [0.2, 0.25) is 15.1 Å². The molecule has 1 N–H and O–H groups in total. The molecular formula is C12H16Cl3NO. The fourth-order valence-electron chi connectivity index (χ4n) is 1.38. The second kappa shape index (κ2) is 8.04. The third kappa shape index (κ3) is 5.35. The largest absolute Gasteiger partial charge is 0.492 e. The van der Waals surface area contributed by atoms with Crippen molar-refractivity contribution in [3.63, 3.8) is 0 Å². The van der Waals surface area contributed by atoms with Gasteiger partial charge in [-0.2, -0.15) is 0 Å². The van der Waals surface area contributed by atoms with Gasteiger partial charge in [-0.05, 0) is 38.9 Å². The first-order valence-corrected chi connectivity index (χ1v) is 6.70. The minimum Gasteiger partial charge on any atom is -0.492 e. The van der Waals surface area contributed by atoms with Gasteiger partial charge in [-0.15, -0.1) is 0 Å². The SMILES string of the molecule is CNCCCCCOc1cc(Cl)c(Cl)cc1Cl. The standard InChI is InChI=1S/C12H16Cl3NO/c1-16-5-3-2-4-6-17-12-8-10(14)9(13)7-11(12)15/h7-8,16H,2-6H2,1H3. The number of halogens is 3. The minimum absolute atomic E-state index is 0.443. The van der Waals surface area contributed by atoms with Crippen molar-refractivity contribution in [2.24, 2.45) is 0 Å². The highest BCUT2D eigenvalue weighted by Crippen LogP contribution is 2.33. The lowest BCUT2D eigenvalue weighted by Gasteiger charge is -2.09. The molecule has 0 atom stereocenters. The lowest BCUT2D eigenvalue weighted by molar-refractivity contribution is 0.305. The predicted octanol–water partition coefficient (Wildman–Crippen LogP) is 4.42. The summed E-state index contributed by atoms with van der Waals surface area (Å²) in [5.41, 5.74) is 0. The fraction of sp³-hybridized carbons (Fsp3) is 0.500. The van der Waals surface area contributed by atoms with E-state index >= 15 is 0 Å². The van der Waals surface area contributed by atoms with Crippen molar-refractivity contribution < 1.29 is 4.74 Å². The van der Waals surface area contributed by atoms with Gasteiger partial charge >= 0.3 is 0 Å². The zero-order valence-corrected chi connectivity index (χ0v) is 12.0. The first-order valence-electron chi connectivity index (χ1n) is 5.57. The average molecular weight is 297 g/mol. The molecule has 17 heavy (non-hydrogen) atoms. The molecule has 0 aliphatic rings. The van der Waals surface area contributed by atoms with Crippen molar-refractivity contribution in [1.82, 2.24) is 5.32 Å². The van der Waals surface area contributed by atoms with Crippen LogP contribution >= 0.6 is 34.8 Å². The number of benzene rings is 1. The molecule has 0 saturated carbocycles. The van der Waals surface area contributed by atoms with E-state index in [0.29, 0.717) is 27.4 Å². The van der Waals surface area contributed by atoms with Gasteiger partial charge < -0.3 is 10.1 Å². The normalized spacial score (nSPS) is 10.6. The number of rotatable bonds is 7. The summed E-state index contributed by atoms with van der Waals surface area (Å²) in [4.78, 5) is 0. The van der Waals surface area contributed by atoms with Crippen LogP contribution < -0.4 is 10.1 Å².